The van der Waals surface area contributed by atoms with Crippen molar-refractivity contribution in [3.05, 3.63) is 84.3 Å². The summed E-state index contributed by atoms with van der Waals surface area (Å²) in [7, 11) is 1.61. The van der Waals surface area contributed by atoms with Gasteiger partial charge < -0.3 is 10.1 Å². The van der Waals surface area contributed by atoms with Crippen molar-refractivity contribution >= 4 is 22.5 Å². The molecule has 0 aliphatic carbocycles. The molecule has 0 atom stereocenters. The molecular weight excluding hydrogens is 350 g/mol. The van der Waals surface area contributed by atoms with E-state index >= 15 is 0 Å². The zero-order valence-corrected chi connectivity index (χ0v) is 15.6. The summed E-state index contributed by atoms with van der Waals surface area (Å²) in [4.78, 5) is 21.6. The Hall–Kier alpha value is -3.73. The summed E-state index contributed by atoms with van der Waals surface area (Å²) >= 11 is 0. The van der Waals surface area contributed by atoms with Gasteiger partial charge in [-0.05, 0) is 54.4 Å². The molecule has 2 aromatic heterocycles. The first kappa shape index (κ1) is 17.7. The van der Waals surface area contributed by atoms with Crippen LogP contribution in [-0.2, 0) is 0 Å². The van der Waals surface area contributed by atoms with E-state index in [1.165, 1.54) is 0 Å². The van der Waals surface area contributed by atoms with Crippen LogP contribution >= 0.6 is 0 Å². The van der Waals surface area contributed by atoms with Gasteiger partial charge in [-0.25, -0.2) is 0 Å². The number of amides is 1. The molecule has 0 saturated heterocycles. The van der Waals surface area contributed by atoms with Gasteiger partial charge in [-0.2, -0.15) is 0 Å². The maximum Gasteiger partial charge on any atom is 0.257 e. The average Bonchev–Trinajstić information content (AvgIpc) is 2.74. The van der Waals surface area contributed by atoms with Crippen LogP contribution in [0.1, 0.15) is 15.9 Å². The SMILES string of the molecule is COc1ccc(NC(=O)c2cncc(-c3cccc4ncccc34)c2C)cc1. The van der Waals surface area contributed by atoms with Gasteiger partial charge in [-0.15, -0.1) is 0 Å². The Morgan fingerprint density at radius 3 is 2.57 bits per heavy atom. The number of fused-ring (bicyclic) bond motifs is 1. The van der Waals surface area contributed by atoms with Crippen molar-refractivity contribution in [1.29, 1.82) is 0 Å². The number of hydrogen-bond acceptors (Lipinski definition) is 4. The van der Waals surface area contributed by atoms with E-state index in [1.54, 1.807) is 50.0 Å². The molecule has 1 N–H and O–H groups in total. The number of aromatic nitrogens is 2. The zero-order chi connectivity index (χ0) is 19.5. The summed E-state index contributed by atoms with van der Waals surface area (Å²) < 4.78 is 5.15. The van der Waals surface area contributed by atoms with Crippen LogP contribution < -0.4 is 10.1 Å². The molecule has 0 saturated carbocycles. The number of nitrogens with one attached hydrogen (secondary N) is 1. The molecule has 0 aliphatic heterocycles. The molecule has 5 nitrogen and oxygen atoms in total. The molecular formula is C23H19N3O2. The summed E-state index contributed by atoms with van der Waals surface area (Å²) in [6.07, 6.45) is 5.16. The molecule has 5 heteroatoms. The van der Waals surface area contributed by atoms with Crippen LogP contribution in [0.3, 0.4) is 0 Å². The molecule has 2 aromatic carbocycles. The van der Waals surface area contributed by atoms with Gasteiger partial charge in [0.25, 0.3) is 5.91 Å². The Bertz CT molecular complexity index is 1150. The average molecular weight is 369 g/mol. The van der Waals surface area contributed by atoms with Gasteiger partial charge in [0, 0.05) is 35.2 Å². The number of carbonyl (C=O) groups is 1. The van der Waals surface area contributed by atoms with E-state index in [9.17, 15) is 4.79 Å². The Kier molecular flexibility index (Phi) is 4.72. The van der Waals surface area contributed by atoms with Crippen LogP contribution in [0.2, 0.25) is 0 Å². The van der Waals surface area contributed by atoms with E-state index < -0.39 is 0 Å². The highest BCUT2D eigenvalue weighted by atomic mass is 16.5. The number of benzene rings is 2. The number of ether oxygens (including phenoxy) is 1. The predicted octanol–water partition coefficient (Wildman–Crippen LogP) is 4.87. The van der Waals surface area contributed by atoms with E-state index in [0.29, 0.717) is 11.3 Å². The van der Waals surface area contributed by atoms with E-state index in [-0.39, 0.29) is 5.91 Å². The number of methoxy groups -OCH3 is 1. The molecule has 138 valence electrons. The van der Waals surface area contributed by atoms with Crippen molar-refractivity contribution in [2.45, 2.75) is 6.92 Å². The predicted molar refractivity (Wildman–Crippen MR) is 111 cm³/mol. The van der Waals surface area contributed by atoms with Gasteiger partial charge >= 0.3 is 0 Å². The van der Waals surface area contributed by atoms with Crippen LogP contribution in [-0.4, -0.2) is 23.0 Å². The van der Waals surface area contributed by atoms with Crippen LogP contribution in [0, 0.1) is 6.92 Å². The summed E-state index contributed by atoms with van der Waals surface area (Å²) in [5, 5.41) is 3.95. The maximum absolute atomic E-state index is 12.8. The molecule has 0 unspecified atom stereocenters. The lowest BCUT2D eigenvalue weighted by molar-refractivity contribution is 0.102. The van der Waals surface area contributed by atoms with E-state index in [4.69, 9.17) is 4.74 Å². The first-order chi connectivity index (χ1) is 13.7. The maximum atomic E-state index is 12.8. The number of nitrogens with zero attached hydrogens (tertiary/aromatic N) is 2. The number of carbonyl (C=O) groups excluding carboxylic acids is 1. The van der Waals surface area contributed by atoms with Crippen molar-refractivity contribution in [2.24, 2.45) is 0 Å². The lowest BCUT2D eigenvalue weighted by Crippen LogP contribution is -2.14. The molecule has 0 aliphatic rings. The summed E-state index contributed by atoms with van der Waals surface area (Å²) in [6.45, 7) is 1.94. The van der Waals surface area contributed by atoms with Gasteiger partial charge in [0.1, 0.15) is 5.75 Å². The molecule has 0 fully saturated rings. The minimum absolute atomic E-state index is 0.199. The topological polar surface area (TPSA) is 64.1 Å². The highest BCUT2D eigenvalue weighted by Gasteiger charge is 2.15. The molecule has 4 rings (SSSR count). The van der Waals surface area contributed by atoms with E-state index in [2.05, 4.69) is 15.3 Å². The van der Waals surface area contributed by atoms with Crippen LogP contribution in [0.25, 0.3) is 22.0 Å². The van der Waals surface area contributed by atoms with Crippen molar-refractivity contribution < 1.29 is 9.53 Å². The van der Waals surface area contributed by atoms with Crippen molar-refractivity contribution in [3.8, 4) is 16.9 Å². The molecule has 0 bridgehead atoms. The minimum Gasteiger partial charge on any atom is -0.497 e. The fraction of sp³-hybridized carbons (Fsp3) is 0.0870. The number of hydrogen-bond donors (Lipinski definition) is 1. The van der Waals surface area contributed by atoms with Crippen LogP contribution in [0.4, 0.5) is 5.69 Å². The fourth-order valence-corrected chi connectivity index (χ4v) is 3.24. The summed E-state index contributed by atoms with van der Waals surface area (Å²) in [5.41, 5.74) is 4.94. The quantitative estimate of drug-likeness (QED) is 0.558. The third kappa shape index (κ3) is 3.30. The van der Waals surface area contributed by atoms with Gasteiger partial charge in [0.15, 0.2) is 0 Å². The third-order valence-electron chi connectivity index (χ3n) is 4.74. The summed E-state index contributed by atoms with van der Waals surface area (Å²) in [5.74, 6) is 0.540. The number of anilines is 1. The highest BCUT2D eigenvalue weighted by molar-refractivity contribution is 6.07. The van der Waals surface area contributed by atoms with Gasteiger partial charge in [0.05, 0.1) is 18.2 Å². The Balaban J connectivity index is 1.71. The second-order valence-electron chi connectivity index (χ2n) is 6.42. The Morgan fingerprint density at radius 2 is 1.79 bits per heavy atom. The van der Waals surface area contributed by atoms with Crippen molar-refractivity contribution in [3.63, 3.8) is 0 Å². The Labute approximate surface area is 163 Å². The first-order valence-electron chi connectivity index (χ1n) is 8.91. The van der Waals surface area contributed by atoms with Crippen LogP contribution in [0.15, 0.2) is 73.2 Å². The van der Waals surface area contributed by atoms with Gasteiger partial charge in [0.2, 0.25) is 0 Å². The minimum atomic E-state index is -0.199. The molecule has 2 heterocycles. The second-order valence-corrected chi connectivity index (χ2v) is 6.42. The standard InChI is InChI=1S/C23H19N3O2/c1-15-20(18-5-3-7-22-19(18)6-4-12-25-22)13-24-14-21(15)23(27)26-16-8-10-17(28-2)11-9-16/h3-14H,1-2H3,(H,26,27). The summed E-state index contributed by atoms with van der Waals surface area (Å²) in [6, 6.07) is 17.1. The van der Waals surface area contributed by atoms with Crippen LogP contribution in [0.5, 0.6) is 5.75 Å². The Morgan fingerprint density at radius 1 is 0.964 bits per heavy atom. The van der Waals surface area contributed by atoms with E-state index in [0.717, 1.165) is 33.3 Å². The van der Waals surface area contributed by atoms with Crippen molar-refractivity contribution in [2.75, 3.05) is 12.4 Å². The highest BCUT2D eigenvalue weighted by Crippen LogP contribution is 2.31. The second kappa shape index (κ2) is 7.48. The number of rotatable bonds is 4. The third-order valence-corrected chi connectivity index (χ3v) is 4.74. The lowest BCUT2D eigenvalue weighted by Gasteiger charge is -2.13. The molecule has 1 amide bonds. The smallest absolute Gasteiger partial charge is 0.257 e. The molecule has 28 heavy (non-hydrogen) atoms. The van der Waals surface area contributed by atoms with Crippen molar-refractivity contribution in [1.82, 2.24) is 9.97 Å². The lowest BCUT2D eigenvalue weighted by atomic mass is 9.96. The largest absolute Gasteiger partial charge is 0.497 e. The molecule has 4 aromatic rings. The number of pyridine rings is 2. The molecule has 0 spiro atoms. The first-order valence-corrected chi connectivity index (χ1v) is 8.91. The monoisotopic (exact) mass is 369 g/mol. The van der Waals surface area contributed by atoms with Gasteiger partial charge in [-0.3, -0.25) is 14.8 Å². The van der Waals surface area contributed by atoms with Gasteiger partial charge in [-0.1, -0.05) is 18.2 Å². The zero-order valence-electron chi connectivity index (χ0n) is 15.6. The molecule has 0 radical (unpaired) electrons. The fourth-order valence-electron chi connectivity index (χ4n) is 3.24. The van der Waals surface area contributed by atoms with E-state index in [1.807, 2.05) is 37.3 Å². The normalized spacial score (nSPS) is 10.6.